The first-order valence-electron chi connectivity index (χ1n) is 5.53. The molecule has 0 aromatic heterocycles. The minimum Gasteiger partial charge on any atom is -0.295 e. The van der Waals surface area contributed by atoms with Crippen molar-refractivity contribution in [3.8, 4) is 0 Å². The lowest BCUT2D eigenvalue weighted by atomic mass is 10.2. The lowest BCUT2D eigenvalue weighted by Crippen LogP contribution is -2.02. The number of rotatable bonds is 3. The van der Waals surface area contributed by atoms with Crippen molar-refractivity contribution >= 4 is 27.2 Å². The maximum atomic E-state index is 12.3. The Hall–Kier alpha value is -1.65. The van der Waals surface area contributed by atoms with Gasteiger partial charge in [-0.15, -0.1) is 0 Å². The van der Waals surface area contributed by atoms with Crippen LogP contribution in [0.15, 0.2) is 58.3 Å². The predicted octanol–water partition coefficient (Wildman–Crippen LogP) is 3.38. The summed E-state index contributed by atoms with van der Waals surface area (Å²) in [5, 5.41) is 0.478. The van der Waals surface area contributed by atoms with Crippen molar-refractivity contribution in [3.05, 3.63) is 59.1 Å². The van der Waals surface area contributed by atoms with Crippen molar-refractivity contribution in [2.75, 3.05) is 0 Å². The molecule has 5 heteroatoms. The molecule has 2 aromatic carbocycles. The summed E-state index contributed by atoms with van der Waals surface area (Å²) < 4.78 is 24.6. The summed E-state index contributed by atoms with van der Waals surface area (Å²) in [6.45, 7) is 1.43. The topological polar surface area (TPSA) is 51.2 Å². The number of sulfone groups is 1. The maximum absolute atomic E-state index is 12.3. The predicted molar refractivity (Wildman–Crippen MR) is 73.4 cm³/mol. The van der Waals surface area contributed by atoms with Gasteiger partial charge >= 0.3 is 0 Å². The molecule has 3 nitrogen and oxygen atoms in total. The van der Waals surface area contributed by atoms with Gasteiger partial charge in [0.25, 0.3) is 0 Å². The molecule has 0 saturated heterocycles. The first-order chi connectivity index (χ1) is 8.91. The van der Waals surface area contributed by atoms with Gasteiger partial charge < -0.3 is 0 Å². The first-order valence-corrected chi connectivity index (χ1v) is 7.39. The Labute approximate surface area is 116 Å². The van der Waals surface area contributed by atoms with E-state index in [0.29, 0.717) is 10.6 Å². The van der Waals surface area contributed by atoms with Gasteiger partial charge in [0.1, 0.15) is 0 Å². The van der Waals surface area contributed by atoms with E-state index in [4.69, 9.17) is 11.6 Å². The van der Waals surface area contributed by atoms with Gasteiger partial charge in [-0.2, -0.15) is 0 Å². The summed E-state index contributed by atoms with van der Waals surface area (Å²) in [6.07, 6.45) is 0. The molecule has 0 atom stereocenters. The Morgan fingerprint density at radius 2 is 1.32 bits per heavy atom. The van der Waals surface area contributed by atoms with Gasteiger partial charge in [-0.1, -0.05) is 23.7 Å². The molecule has 0 N–H and O–H groups in total. The summed E-state index contributed by atoms with van der Waals surface area (Å²) in [5.74, 6) is -0.101. The minimum absolute atomic E-state index is 0.101. The van der Waals surface area contributed by atoms with Crippen LogP contribution < -0.4 is 0 Å². The third kappa shape index (κ3) is 2.85. The Morgan fingerprint density at radius 1 is 0.895 bits per heavy atom. The monoisotopic (exact) mass is 294 g/mol. The average molecular weight is 295 g/mol. The van der Waals surface area contributed by atoms with E-state index in [1.807, 2.05) is 0 Å². The highest BCUT2D eigenvalue weighted by molar-refractivity contribution is 7.91. The highest BCUT2D eigenvalue weighted by Crippen LogP contribution is 2.22. The number of benzene rings is 2. The van der Waals surface area contributed by atoms with E-state index in [0.717, 1.165) is 0 Å². The summed E-state index contributed by atoms with van der Waals surface area (Å²) in [4.78, 5) is 11.5. The molecule has 0 aliphatic rings. The fraction of sp³-hybridized carbons (Fsp3) is 0.0714. The summed E-state index contributed by atoms with van der Waals surface area (Å²) >= 11 is 5.73. The maximum Gasteiger partial charge on any atom is 0.206 e. The SMILES string of the molecule is CC(=O)c1ccc(S(=O)(=O)c2ccc(Cl)cc2)cc1. The zero-order valence-corrected chi connectivity index (χ0v) is 11.7. The van der Waals surface area contributed by atoms with Crippen molar-refractivity contribution in [1.82, 2.24) is 0 Å². The number of hydrogen-bond donors (Lipinski definition) is 0. The Bertz CT molecular complexity index is 701. The van der Waals surface area contributed by atoms with E-state index in [1.54, 1.807) is 0 Å². The second-order valence-electron chi connectivity index (χ2n) is 4.04. The van der Waals surface area contributed by atoms with Gasteiger partial charge in [0, 0.05) is 10.6 Å². The van der Waals surface area contributed by atoms with Crippen LogP contribution in [0, 0.1) is 0 Å². The van der Waals surface area contributed by atoms with Crippen LogP contribution in [0.25, 0.3) is 0 Å². The fourth-order valence-electron chi connectivity index (χ4n) is 1.62. The first kappa shape index (κ1) is 13.8. The molecule has 0 aliphatic carbocycles. The van der Waals surface area contributed by atoms with Gasteiger partial charge in [0.2, 0.25) is 9.84 Å². The quantitative estimate of drug-likeness (QED) is 0.816. The number of hydrogen-bond acceptors (Lipinski definition) is 3. The standard InChI is InChI=1S/C14H11ClO3S/c1-10(16)11-2-6-13(7-3-11)19(17,18)14-8-4-12(15)5-9-14/h2-9H,1H3. The van der Waals surface area contributed by atoms with E-state index in [2.05, 4.69) is 0 Å². The van der Waals surface area contributed by atoms with Crippen molar-refractivity contribution in [2.24, 2.45) is 0 Å². The van der Waals surface area contributed by atoms with Crippen LogP contribution in [0.3, 0.4) is 0 Å². The van der Waals surface area contributed by atoms with Crippen LogP contribution in [-0.4, -0.2) is 14.2 Å². The Morgan fingerprint density at radius 3 is 1.74 bits per heavy atom. The van der Waals surface area contributed by atoms with E-state index in [-0.39, 0.29) is 15.6 Å². The van der Waals surface area contributed by atoms with Crippen molar-refractivity contribution in [3.63, 3.8) is 0 Å². The van der Waals surface area contributed by atoms with Gasteiger partial charge in [-0.25, -0.2) is 8.42 Å². The van der Waals surface area contributed by atoms with Crippen LogP contribution >= 0.6 is 11.6 Å². The molecule has 0 radical (unpaired) electrons. The zero-order chi connectivity index (χ0) is 14.0. The smallest absolute Gasteiger partial charge is 0.206 e. The second kappa shape index (κ2) is 5.15. The van der Waals surface area contributed by atoms with Crippen molar-refractivity contribution in [1.29, 1.82) is 0 Å². The zero-order valence-electron chi connectivity index (χ0n) is 10.1. The molecule has 2 aromatic rings. The van der Waals surface area contributed by atoms with Gasteiger partial charge in [0.15, 0.2) is 5.78 Å². The van der Waals surface area contributed by atoms with Crippen LogP contribution in [0.5, 0.6) is 0 Å². The number of ketones is 1. The molecule has 19 heavy (non-hydrogen) atoms. The number of Topliss-reactive ketones (excluding diaryl/α,β-unsaturated/α-hetero) is 1. The van der Waals surface area contributed by atoms with Crippen LogP contribution in [0.1, 0.15) is 17.3 Å². The molecule has 2 rings (SSSR count). The summed E-state index contributed by atoms with van der Waals surface area (Å²) in [6, 6.07) is 11.8. The second-order valence-corrected chi connectivity index (χ2v) is 6.42. The summed E-state index contributed by atoms with van der Waals surface area (Å²) in [5.41, 5.74) is 0.482. The molecule has 0 bridgehead atoms. The van der Waals surface area contributed by atoms with E-state index < -0.39 is 9.84 Å². The molecule has 0 heterocycles. The molecule has 0 saturated carbocycles. The lowest BCUT2D eigenvalue weighted by Gasteiger charge is -2.05. The third-order valence-corrected chi connectivity index (χ3v) is 4.73. The number of halogens is 1. The van der Waals surface area contributed by atoms with E-state index in [9.17, 15) is 13.2 Å². The van der Waals surface area contributed by atoms with Crippen LogP contribution in [0.4, 0.5) is 0 Å². The van der Waals surface area contributed by atoms with Crippen LogP contribution in [-0.2, 0) is 9.84 Å². The van der Waals surface area contributed by atoms with Crippen LogP contribution in [0.2, 0.25) is 5.02 Å². The highest BCUT2D eigenvalue weighted by atomic mass is 35.5. The minimum atomic E-state index is -3.57. The Kier molecular flexibility index (Phi) is 3.73. The van der Waals surface area contributed by atoms with Crippen molar-refractivity contribution in [2.45, 2.75) is 16.7 Å². The summed E-state index contributed by atoms with van der Waals surface area (Å²) in [7, 11) is -3.57. The lowest BCUT2D eigenvalue weighted by molar-refractivity contribution is 0.101. The van der Waals surface area contributed by atoms with Gasteiger partial charge in [-0.05, 0) is 43.3 Å². The number of carbonyl (C=O) groups is 1. The number of carbonyl (C=O) groups excluding carboxylic acids is 1. The van der Waals surface area contributed by atoms with Gasteiger partial charge in [0.05, 0.1) is 9.79 Å². The third-order valence-electron chi connectivity index (χ3n) is 2.70. The van der Waals surface area contributed by atoms with E-state index >= 15 is 0 Å². The fourth-order valence-corrected chi connectivity index (χ4v) is 3.01. The molecular formula is C14H11ClO3S. The van der Waals surface area contributed by atoms with Gasteiger partial charge in [-0.3, -0.25) is 4.79 Å². The van der Waals surface area contributed by atoms with E-state index in [1.165, 1.54) is 55.5 Å². The molecule has 0 fully saturated rings. The highest BCUT2D eigenvalue weighted by Gasteiger charge is 2.17. The molecule has 0 amide bonds. The molecule has 0 spiro atoms. The average Bonchev–Trinajstić information content (AvgIpc) is 2.39. The molecule has 0 aliphatic heterocycles. The molecule has 0 unspecified atom stereocenters. The molecule has 98 valence electrons. The Balaban J connectivity index is 2.44. The molecular weight excluding hydrogens is 284 g/mol. The normalized spacial score (nSPS) is 11.3. The largest absolute Gasteiger partial charge is 0.295 e. The van der Waals surface area contributed by atoms with Crippen molar-refractivity contribution < 1.29 is 13.2 Å².